The summed E-state index contributed by atoms with van der Waals surface area (Å²) < 4.78 is 5.16. The van der Waals surface area contributed by atoms with Crippen LogP contribution in [0.2, 0.25) is 0 Å². The third-order valence-corrected chi connectivity index (χ3v) is 4.12. The summed E-state index contributed by atoms with van der Waals surface area (Å²) in [6.07, 6.45) is -1.12. The van der Waals surface area contributed by atoms with Crippen molar-refractivity contribution in [2.45, 2.75) is 20.0 Å². The number of nitro benzene ring substituents is 1. The number of esters is 1. The van der Waals surface area contributed by atoms with Crippen LogP contribution in [0, 0.1) is 17.0 Å². The highest BCUT2D eigenvalue weighted by Crippen LogP contribution is 2.20. The van der Waals surface area contributed by atoms with Crippen LogP contribution in [0.1, 0.15) is 23.0 Å². The van der Waals surface area contributed by atoms with Gasteiger partial charge in [0.2, 0.25) is 0 Å². The summed E-state index contributed by atoms with van der Waals surface area (Å²) in [4.78, 5) is 34.8. The predicted molar refractivity (Wildman–Crippen MR) is 105 cm³/mol. The molecular formula is C20H18N4O5. The van der Waals surface area contributed by atoms with Gasteiger partial charge in [0.05, 0.1) is 10.6 Å². The fourth-order valence-electron chi connectivity index (χ4n) is 2.52. The van der Waals surface area contributed by atoms with Crippen molar-refractivity contribution in [3.05, 3.63) is 76.0 Å². The zero-order chi connectivity index (χ0) is 21.0. The Morgan fingerprint density at radius 3 is 2.59 bits per heavy atom. The van der Waals surface area contributed by atoms with E-state index in [9.17, 15) is 19.7 Å². The number of non-ortho nitro benzene ring substituents is 1. The number of rotatable bonds is 6. The molecule has 0 saturated carbocycles. The number of nitro groups is 1. The van der Waals surface area contributed by atoms with E-state index < -0.39 is 22.9 Å². The molecule has 2 N–H and O–H groups in total. The normalized spacial score (nSPS) is 11.5. The zero-order valence-corrected chi connectivity index (χ0v) is 15.7. The van der Waals surface area contributed by atoms with Crippen LogP contribution in [0.5, 0.6) is 0 Å². The van der Waals surface area contributed by atoms with E-state index in [1.807, 2.05) is 31.2 Å². The van der Waals surface area contributed by atoms with Crippen LogP contribution in [-0.2, 0) is 9.53 Å². The first kappa shape index (κ1) is 19.7. The van der Waals surface area contributed by atoms with Gasteiger partial charge in [-0.1, -0.05) is 35.9 Å². The molecular weight excluding hydrogens is 376 g/mol. The van der Waals surface area contributed by atoms with Crippen molar-refractivity contribution >= 4 is 23.3 Å². The maximum Gasteiger partial charge on any atom is 0.357 e. The van der Waals surface area contributed by atoms with E-state index in [0.29, 0.717) is 5.69 Å². The fraction of sp³-hybridized carbons (Fsp3) is 0.150. The van der Waals surface area contributed by atoms with Crippen LogP contribution in [-0.4, -0.2) is 33.1 Å². The molecule has 0 aliphatic rings. The Morgan fingerprint density at radius 2 is 1.90 bits per heavy atom. The zero-order valence-electron chi connectivity index (χ0n) is 15.7. The predicted octanol–water partition coefficient (Wildman–Crippen LogP) is 3.48. The van der Waals surface area contributed by atoms with Gasteiger partial charge in [-0.05, 0) is 26.0 Å². The molecule has 1 amide bonds. The van der Waals surface area contributed by atoms with Crippen molar-refractivity contribution in [3.63, 3.8) is 0 Å². The number of H-pyrrole nitrogens is 1. The molecule has 9 heteroatoms. The van der Waals surface area contributed by atoms with E-state index >= 15 is 0 Å². The third kappa shape index (κ3) is 4.83. The van der Waals surface area contributed by atoms with Gasteiger partial charge < -0.3 is 10.1 Å². The first-order chi connectivity index (χ1) is 13.8. The minimum Gasteiger partial charge on any atom is -0.448 e. The summed E-state index contributed by atoms with van der Waals surface area (Å²) in [6, 6.07) is 14.6. The van der Waals surface area contributed by atoms with E-state index in [0.717, 1.165) is 11.1 Å². The van der Waals surface area contributed by atoms with Gasteiger partial charge in [-0.25, -0.2) is 4.79 Å². The Bertz CT molecular complexity index is 1060. The average molecular weight is 394 g/mol. The van der Waals surface area contributed by atoms with Gasteiger partial charge in [-0.15, -0.1) is 0 Å². The van der Waals surface area contributed by atoms with Crippen LogP contribution in [0.4, 0.5) is 11.4 Å². The fourth-order valence-corrected chi connectivity index (χ4v) is 2.52. The molecule has 1 aromatic heterocycles. The van der Waals surface area contributed by atoms with Gasteiger partial charge in [0.25, 0.3) is 11.6 Å². The lowest BCUT2D eigenvalue weighted by Crippen LogP contribution is -2.30. The second kappa shape index (κ2) is 8.34. The standard InChI is InChI=1S/C20H18N4O5/c1-12-6-8-14(9-7-12)17-11-18(23-22-17)20(26)29-13(2)19(25)21-15-4-3-5-16(10-15)24(27)28/h3-11,13H,1-2H3,(H,21,25)(H,22,23)/t13-/m1/s1. The number of hydrogen-bond donors (Lipinski definition) is 2. The van der Waals surface area contributed by atoms with Crippen LogP contribution < -0.4 is 5.32 Å². The van der Waals surface area contributed by atoms with Gasteiger partial charge in [-0.3, -0.25) is 20.0 Å². The SMILES string of the molecule is Cc1ccc(-c2cc(C(=O)O[C@H](C)C(=O)Nc3cccc([N+](=O)[O-])c3)[nH]n2)cc1. The molecule has 29 heavy (non-hydrogen) atoms. The summed E-state index contributed by atoms with van der Waals surface area (Å²) in [5.74, 6) is -1.35. The lowest BCUT2D eigenvalue weighted by Gasteiger charge is -2.12. The molecule has 0 spiro atoms. The van der Waals surface area contributed by atoms with Crippen LogP contribution >= 0.6 is 0 Å². The Kier molecular flexibility index (Phi) is 5.68. The second-order valence-electron chi connectivity index (χ2n) is 6.38. The molecule has 0 fully saturated rings. The van der Waals surface area contributed by atoms with Crippen molar-refractivity contribution in [1.82, 2.24) is 10.2 Å². The molecule has 3 rings (SSSR count). The molecule has 1 atom stereocenters. The topological polar surface area (TPSA) is 127 Å². The summed E-state index contributed by atoms with van der Waals surface area (Å²) in [7, 11) is 0. The number of carbonyl (C=O) groups is 2. The number of amides is 1. The highest BCUT2D eigenvalue weighted by atomic mass is 16.6. The molecule has 1 heterocycles. The molecule has 148 valence electrons. The minimum atomic E-state index is -1.12. The van der Waals surface area contributed by atoms with Crippen molar-refractivity contribution in [2.75, 3.05) is 5.32 Å². The van der Waals surface area contributed by atoms with Gasteiger partial charge >= 0.3 is 5.97 Å². The maximum atomic E-state index is 12.3. The summed E-state index contributed by atoms with van der Waals surface area (Å²) in [6.45, 7) is 3.37. The number of nitrogens with zero attached hydrogens (tertiary/aromatic N) is 2. The average Bonchev–Trinajstić information content (AvgIpc) is 3.19. The Morgan fingerprint density at radius 1 is 1.17 bits per heavy atom. The maximum absolute atomic E-state index is 12.3. The summed E-state index contributed by atoms with van der Waals surface area (Å²) in [5.41, 5.74) is 2.69. The van der Waals surface area contributed by atoms with Crippen molar-refractivity contribution in [3.8, 4) is 11.3 Å². The van der Waals surface area contributed by atoms with Crippen molar-refractivity contribution in [1.29, 1.82) is 0 Å². The lowest BCUT2D eigenvalue weighted by molar-refractivity contribution is -0.384. The molecule has 3 aromatic rings. The Hall–Kier alpha value is -4.01. The van der Waals surface area contributed by atoms with Crippen molar-refractivity contribution in [2.24, 2.45) is 0 Å². The molecule has 0 unspecified atom stereocenters. The first-order valence-electron chi connectivity index (χ1n) is 8.72. The molecule has 0 aliphatic carbocycles. The van der Waals surface area contributed by atoms with E-state index in [1.165, 1.54) is 37.3 Å². The summed E-state index contributed by atoms with van der Waals surface area (Å²) in [5, 5.41) is 20.0. The highest BCUT2D eigenvalue weighted by molar-refractivity contribution is 5.97. The largest absolute Gasteiger partial charge is 0.448 e. The first-order valence-corrected chi connectivity index (χ1v) is 8.72. The minimum absolute atomic E-state index is 0.107. The van der Waals surface area contributed by atoms with E-state index in [1.54, 1.807) is 0 Å². The molecule has 9 nitrogen and oxygen atoms in total. The molecule has 2 aromatic carbocycles. The number of aromatic nitrogens is 2. The number of nitrogens with one attached hydrogen (secondary N) is 2. The molecule has 0 aliphatic heterocycles. The number of aryl methyl sites for hydroxylation is 1. The van der Waals surface area contributed by atoms with Gasteiger partial charge in [0, 0.05) is 23.4 Å². The number of carbonyl (C=O) groups excluding carboxylic acids is 2. The summed E-state index contributed by atoms with van der Waals surface area (Å²) >= 11 is 0. The third-order valence-electron chi connectivity index (χ3n) is 4.12. The van der Waals surface area contributed by atoms with E-state index in [4.69, 9.17) is 4.74 Å². The van der Waals surface area contributed by atoms with Gasteiger partial charge in [0.15, 0.2) is 6.10 Å². The highest BCUT2D eigenvalue weighted by Gasteiger charge is 2.21. The number of anilines is 1. The number of benzene rings is 2. The Balaban J connectivity index is 1.63. The number of hydrogen-bond acceptors (Lipinski definition) is 6. The van der Waals surface area contributed by atoms with Gasteiger partial charge in [0.1, 0.15) is 5.69 Å². The molecule has 0 saturated heterocycles. The number of ether oxygens (including phenoxy) is 1. The second-order valence-corrected chi connectivity index (χ2v) is 6.38. The number of aromatic amines is 1. The van der Waals surface area contributed by atoms with E-state index in [-0.39, 0.29) is 17.1 Å². The van der Waals surface area contributed by atoms with Crippen LogP contribution in [0.15, 0.2) is 54.6 Å². The lowest BCUT2D eigenvalue weighted by atomic mass is 10.1. The van der Waals surface area contributed by atoms with Crippen LogP contribution in [0.3, 0.4) is 0 Å². The Labute approximate surface area is 165 Å². The van der Waals surface area contributed by atoms with Crippen LogP contribution in [0.25, 0.3) is 11.3 Å². The smallest absolute Gasteiger partial charge is 0.357 e. The molecule has 0 radical (unpaired) electrons. The van der Waals surface area contributed by atoms with E-state index in [2.05, 4.69) is 15.5 Å². The quantitative estimate of drug-likeness (QED) is 0.374. The monoisotopic (exact) mass is 394 g/mol. The van der Waals surface area contributed by atoms with Gasteiger partial charge in [-0.2, -0.15) is 5.10 Å². The molecule has 0 bridgehead atoms. The van der Waals surface area contributed by atoms with Crippen molar-refractivity contribution < 1.29 is 19.2 Å².